The van der Waals surface area contributed by atoms with Crippen LogP contribution < -0.4 is 5.32 Å². The van der Waals surface area contributed by atoms with Crippen LogP contribution in [0.1, 0.15) is 62.9 Å². The monoisotopic (exact) mass is 317 g/mol. The van der Waals surface area contributed by atoms with Gasteiger partial charge >= 0.3 is 0 Å². The Labute approximate surface area is 138 Å². The number of carbonyl (C=O) groups excluding carboxylic acids is 2. The third-order valence-electron chi connectivity index (χ3n) is 5.05. The van der Waals surface area contributed by atoms with Gasteiger partial charge in [-0.1, -0.05) is 32.3 Å². The number of hydrogen-bond acceptors (Lipinski definition) is 3. The first-order valence-corrected chi connectivity index (χ1v) is 8.49. The lowest BCUT2D eigenvalue weighted by molar-refractivity contribution is -0.131. The average Bonchev–Trinajstić information content (AvgIpc) is 2.61. The van der Waals surface area contributed by atoms with Gasteiger partial charge in [-0.05, 0) is 38.3 Å². The number of nitrogens with one attached hydrogen (secondary N) is 1. The minimum Gasteiger partial charge on any atom is -0.351 e. The lowest BCUT2D eigenvalue weighted by Gasteiger charge is -2.38. The molecule has 0 aromatic carbocycles. The molecule has 0 bridgehead atoms. The zero-order valence-electron chi connectivity index (χ0n) is 14.3. The highest BCUT2D eigenvalue weighted by molar-refractivity contribution is 5.97. The standard InChI is InChI=1S/C18H27N3O2/c1-4-18(2,17(23)20-14-10-6-5-7-11-14)21(3)16(22)15-12-8-9-13-19-15/h8-9,12-14H,4-7,10-11H2,1-3H3,(H,20,23)/t18-/m1/s1. The molecule has 23 heavy (non-hydrogen) atoms. The summed E-state index contributed by atoms with van der Waals surface area (Å²) in [7, 11) is 1.68. The van der Waals surface area contributed by atoms with E-state index in [1.165, 1.54) is 11.3 Å². The lowest BCUT2D eigenvalue weighted by atomic mass is 9.91. The Hall–Kier alpha value is -1.91. The van der Waals surface area contributed by atoms with Crippen LogP contribution in [0.25, 0.3) is 0 Å². The van der Waals surface area contributed by atoms with Crippen molar-refractivity contribution in [3.05, 3.63) is 30.1 Å². The average molecular weight is 317 g/mol. The Morgan fingerprint density at radius 1 is 1.30 bits per heavy atom. The zero-order chi connectivity index (χ0) is 16.9. The van der Waals surface area contributed by atoms with Gasteiger partial charge in [0.05, 0.1) is 0 Å². The fourth-order valence-corrected chi connectivity index (χ4v) is 3.02. The first kappa shape index (κ1) is 17.4. The number of pyridine rings is 1. The Balaban J connectivity index is 2.11. The maximum absolute atomic E-state index is 12.8. The summed E-state index contributed by atoms with van der Waals surface area (Å²) in [6.07, 6.45) is 7.78. The molecule has 0 spiro atoms. The van der Waals surface area contributed by atoms with Crippen LogP contribution in [0, 0.1) is 0 Å². The van der Waals surface area contributed by atoms with Crippen molar-refractivity contribution in [3.63, 3.8) is 0 Å². The predicted octanol–water partition coefficient (Wildman–Crippen LogP) is 2.77. The van der Waals surface area contributed by atoms with E-state index < -0.39 is 5.54 Å². The van der Waals surface area contributed by atoms with Gasteiger partial charge in [-0.3, -0.25) is 14.6 Å². The minimum atomic E-state index is -0.869. The van der Waals surface area contributed by atoms with Crippen LogP contribution in [0.4, 0.5) is 0 Å². The molecule has 5 heteroatoms. The molecule has 2 rings (SSSR count). The van der Waals surface area contributed by atoms with Crippen molar-refractivity contribution in [2.75, 3.05) is 7.05 Å². The molecule has 1 N–H and O–H groups in total. The SMILES string of the molecule is CC[C@](C)(C(=O)NC1CCCCC1)N(C)C(=O)c1ccccn1. The molecular formula is C18H27N3O2. The number of aromatic nitrogens is 1. The highest BCUT2D eigenvalue weighted by atomic mass is 16.2. The second-order valence-electron chi connectivity index (χ2n) is 6.51. The van der Waals surface area contributed by atoms with Crippen molar-refractivity contribution in [1.82, 2.24) is 15.2 Å². The van der Waals surface area contributed by atoms with Crippen molar-refractivity contribution >= 4 is 11.8 Å². The number of likely N-dealkylation sites (N-methyl/N-ethyl adjacent to an activating group) is 1. The second-order valence-corrected chi connectivity index (χ2v) is 6.51. The predicted molar refractivity (Wildman–Crippen MR) is 90.0 cm³/mol. The summed E-state index contributed by atoms with van der Waals surface area (Å²) >= 11 is 0. The van der Waals surface area contributed by atoms with Crippen LogP contribution >= 0.6 is 0 Å². The lowest BCUT2D eigenvalue weighted by Crippen LogP contribution is -2.58. The van der Waals surface area contributed by atoms with Gasteiger partial charge in [-0.2, -0.15) is 0 Å². The fourth-order valence-electron chi connectivity index (χ4n) is 3.02. The molecule has 5 nitrogen and oxygen atoms in total. The summed E-state index contributed by atoms with van der Waals surface area (Å²) in [5, 5.41) is 3.14. The van der Waals surface area contributed by atoms with E-state index >= 15 is 0 Å². The quantitative estimate of drug-likeness (QED) is 0.908. The van der Waals surface area contributed by atoms with Gasteiger partial charge < -0.3 is 10.2 Å². The van der Waals surface area contributed by atoms with Crippen LogP contribution in [0.15, 0.2) is 24.4 Å². The van der Waals surface area contributed by atoms with Crippen LogP contribution in [-0.2, 0) is 4.79 Å². The largest absolute Gasteiger partial charge is 0.351 e. The van der Waals surface area contributed by atoms with E-state index in [9.17, 15) is 9.59 Å². The molecule has 0 unspecified atom stereocenters. The van der Waals surface area contributed by atoms with Gasteiger partial charge in [-0.25, -0.2) is 0 Å². The maximum Gasteiger partial charge on any atom is 0.273 e. The molecule has 1 aromatic heterocycles. The van der Waals surface area contributed by atoms with E-state index in [1.807, 2.05) is 13.8 Å². The molecule has 1 aliphatic rings. The Morgan fingerprint density at radius 2 is 2.00 bits per heavy atom. The molecule has 1 aliphatic carbocycles. The maximum atomic E-state index is 12.8. The van der Waals surface area contributed by atoms with Crippen LogP contribution in [0.3, 0.4) is 0 Å². The Kier molecular flexibility index (Phi) is 5.74. The molecule has 2 amide bonds. The van der Waals surface area contributed by atoms with E-state index in [0.717, 1.165) is 25.7 Å². The summed E-state index contributed by atoms with van der Waals surface area (Å²) in [6, 6.07) is 5.46. The van der Waals surface area contributed by atoms with E-state index in [-0.39, 0.29) is 17.9 Å². The molecule has 0 radical (unpaired) electrons. The van der Waals surface area contributed by atoms with Crippen molar-refractivity contribution in [3.8, 4) is 0 Å². The molecule has 1 aromatic rings. The number of amides is 2. The van der Waals surface area contributed by atoms with Crippen molar-refractivity contribution in [2.24, 2.45) is 0 Å². The van der Waals surface area contributed by atoms with Gasteiger partial charge in [0, 0.05) is 19.3 Å². The van der Waals surface area contributed by atoms with Gasteiger partial charge in [0.2, 0.25) is 5.91 Å². The van der Waals surface area contributed by atoms with Gasteiger partial charge in [0.25, 0.3) is 5.91 Å². The highest BCUT2D eigenvalue weighted by Crippen LogP contribution is 2.23. The normalized spacial score (nSPS) is 18.0. The van der Waals surface area contributed by atoms with E-state index in [1.54, 1.807) is 31.4 Å². The first-order valence-electron chi connectivity index (χ1n) is 8.49. The third kappa shape index (κ3) is 3.89. The van der Waals surface area contributed by atoms with Gasteiger partial charge in [0.15, 0.2) is 0 Å². The Bertz CT molecular complexity index is 540. The smallest absolute Gasteiger partial charge is 0.273 e. The number of rotatable bonds is 5. The first-order chi connectivity index (χ1) is 11.0. The molecular weight excluding hydrogens is 290 g/mol. The highest BCUT2D eigenvalue weighted by Gasteiger charge is 2.39. The van der Waals surface area contributed by atoms with E-state index in [0.29, 0.717) is 12.1 Å². The third-order valence-corrected chi connectivity index (χ3v) is 5.05. The minimum absolute atomic E-state index is 0.0707. The number of hydrogen-bond donors (Lipinski definition) is 1. The molecule has 126 valence electrons. The number of nitrogens with zero attached hydrogens (tertiary/aromatic N) is 2. The van der Waals surface area contributed by atoms with Crippen molar-refractivity contribution in [2.45, 2.75) is 64.0 Å². The van der Waals surface area contributed by atoms with Crippen LogP contribution in [0.5, 0.6) is 0 Å². The van der Waals surface area contributed by atoms with Crippen LogP contribution in [0.2, 0.25) is 0 Å². The molecule has 0 saturated heterocycles. The molecule has 1 heterocycles. The topological polar surface area (TPSA) is 62.3 Å². The van der Waals surface area contributed by atoms with Gasteiger partial charge in [0.1, 0.15) is 11.2 Å². The molecule has 1 atom stereocenters. The molecule has 1 fully saturated rings. The van der Waals surface area contributed by atoms with E-state index in [4.69, 9.17) is 0 Å². The summed E-state index contributed by atoms with van der Waals surface area (Å²) in [5.74, 6) is -0.299. The Morgan fingerprint density at radius 3 is 2.57 bits per heavy atom. The summed E-state index contributed by atoms with van der Waals surface area (Å²) in [5.41, 5.74) is -0.508. The molecule has 0 aliphatic heterocycles. The number of carbonyl (C=O) groups is 2. The van der Waals surface area contributed by atoms with Crippen molar-refractivity contribution in [1.29, 1.82) is 0 Å². The second kappa shape index (κ2) is 7.57. The van der Waals surface area contributed by atoms with Crippen LogP contribution in [-0.4, -0.2) is 40.3 Å². The zero-order valence-corrected chi connectivity index (χ0v) is 14.3. The summed E-state index contributed by atoms with van der Waals surface area (Å²) in [6.45, 7) is 3.76. The van der Waals surface area contributed by atoms with E-state index in [2.05, 4.69) is 10.3 Å². The molecule has 1 saturated carbocycles. The summed E-state index contributed by atoms with van der Waals surface area (Å²) in [4.78, 5) is 31.1. The van der Waals surface area contributed by atoms with Crippen molar-refractivity contribution < 1.29 is 9.59 Å². The fraction of sp³-hybridized carbons (Fsp3) is 0.611. The summed E-state index contributed by atoms with van der Waals surface area (Å²) < 4.78 is 0. The van der Waals surface area contributed by atoms with Gasteiger partial charge in [-0.15, -0.1) is 0 Å².